The number of sulfonamides is 1. The van der Waals surface area contributed by atoms with Crippen molar-refractivity contribution in [3.05, 3.63) is 34.4 Å². The predicted molar refractivity (Wildman–Crippen MR) is 72.8 cm³/mol. The molecule has 1 aromatic carbocycles. The van der Waals surface area contributed by atoms with E-state index in [9.17, 15) is 23.3 Å². The Labute approximate surface area is 121 Å². The Morgan fingerprint density at radius 3 is 2.19 bits per heavy atom. The van der Waals surface area contributed by atoms with E-state index in [2.05, 4.69) is 0 Å². The van der Waals surface area contributed by atoms with Crippen molar-refractivity contribution in [2.24, 2.45) is 0 Å². The summed E-state index contributed by atoms with van der Waals surface area (Å²) in [5.74, 6) is 0. The maximum absolute atomic E-state index is 11.8. The number of non-ortho nitro benzene ring substituents is 1. The second kappa shape index (κ2) is 6.06. The first-order chi connectivity index (χ1) is 9.51. The number of carbonyl (C=O) groups excluding carboxylic acids is 1. The Morgan fingerprint density at radius 1 is 1.24 bits per heavy atom. The van der Waals surface area contributed by atoms with Crippen LogP contribution in [-0.2, 0) is 14.8 Å². The van der Waals surface area contributed by atoms with E-state index in [1.165, 1.54) is 0 Å². The van der Waals surface area contributed by atoms with E-state index in [1.807, 2.05) is 10.3 Å². The molecule has 0 spiro atoms. The summed E-state index contributed by atoms with van der Waals surface area (Å²) in [6.45, 7) is 4.87. The molecule has 0 atom stereocenters. The van der Waals surface area contributed by atoms with Gasteiger partial charge in [-0.1, -0.05) is 0 Å². The molecule has 1 amide bonds. The van der Waals surface area contributed by atoms with Crippen LogP contribution in [0.5, 0.6) is 0 Å². The monoisotopic (exact) mass is 317 g/mol. The molecular formula is C11H15N3O6S. The van der Waals surface area contributed by atoms with Gasteiger partial charge in [0.2, 0.25) is 0 Å². The third-order valence-corrected chi connectivity index (χ3v) is 3.31. The molecule has 0 bridgehead atoms. The van der Waals surface area contributed by atoms with Gasteiger partial charge in [-0.2, -0.15) is 0 Å². The van der Waals surface area contributed by atoms with Crippen LogP contribution >= 0.6 is 0 Å². The minimum Gasteiger partial charge on any atom is -0.443 e. The molecule has 0 aliphatic rings. The molecule has 0 saturated carbocycles. The zero-order valence-corrected chi connectivity index (χ0v) is 12.4. The number of hydrogen-bond donors (Lipinski definition) is 2. The van der Waals surface area contributed by atoms with Gasteiger partial charge in [-0.25, -0.2) is 18.6 Å². The molecule has 1 rings (SSSR count). The molecule has 0 heterocycles. The molecule has 10 heteroatoms. The summed E-state index contributed by atoms with van der Waals surface area (Å²) < 4.78 is 28.5. The third kappa shape index (κ3) is 5.36. The molecule has 0 saturated heterocycles. The van der Waals surface area contributed by atoms with E-state index in [4.69, 9.17) is 4.74 Å². The van der Waals surface area contributed by atoms with Crippen LogP contribution in [0.4, 0.5) is 10.5 Å². The van der Waals surface area contributed by atoms with Gasteiger partial charge in [0.1, 0.15) is 5.60 Å². The van der Waals surface area contributed by atoms with Crippen LogP contribution in [-0.4, -0.2) is 25.0 Å². The quantitative estimate of drug-likeness (QED) is 0.636. The number of nitrogens with one attached hydrogen (secondary N) is 2. The topological polar surface area (TPSA) is 128 Å². The second-order valence-electron chi connectivity index (χ2n) is 4.98. The number of nitro benzene ring substituents is 1. The Kier molecular flexibility index (Phi) is 4.86. The lowest BCUT2D eigenvalue weighted by Gasteiger charge is -2.19. The van der Waals surface area contributed by atoms with Crippen LogP contribution in [0, 0.1) is 10.1 Å². The van der Waals surface area contributed by atoms with E-state index < -0.39 is 26.6 Å². The van der Waals surface area contributed by atoms with Crippen LogP contribution in [0.3, 0.4) is 0 Å². The Hall–Kier alpha value is -2.20. The van der Waals surface area contributed by atoms with Crippen molar-refractivity contribution < 1.29 is 22.9 Å². The van der Waals surface area contributed by atoms with Crippen LogP contribution in [0.15, 0.2) is 29.2 Å². The molecular weight excluding hydrogens is 302 g/mol. The van der Waals surface area contributed by atoms with Gasteiger partial charge in [0.15, 0.2) is 0 Å². The van der Waals surface area contributed by atoms with Gasteiger partial charge < -0.3 is 4.74 Å². The maximum Gasteiger partial charge on any atom is 0.423 e. The molecule has 0 aromatic heterocycles. The second-order valence-corrected chi connectivity index (χ2v) is 6.67. The van der Waals surface area contributed by atoms with E-state index in [1.54, 1.807) is 20.8 Å². The smallest absolute Gasteiger partial charge is 0.423 e. The van der Waals surface area contributed by atoms with Gasteiger partial charge >= 0.3 is 6.09 Å². The van der Waals surface area contributed by atoms with Crippen molar-refractivity contribution in [1.82, 2.24) is 10.3 Å². The Balaban J connectivity index is 2.74. The van der Waals surface area contributed by atoms with Crippen molar-refractivity contribution in [2.45, 2.75) is 31.3 Å². The largest absolute Gasteiger partial charge is 0.443 e. The molecule has 1 aromatic rings. The van der Waals surface area contributed by atoms with Crippen molar-refractivity contribution >= 4 is 21.8 Å². The summed E-state index contributed by atoms with van der Waals surface area (Å²) in [4.78, 5) is 22.7. The normalized spacial score (nSPS) is 11.8. The number of rotatable bonds is 4. The van der Waals surface area contributed by atoms with E-state index in [0.717, 1.165) is 24.3 Å². The number of nitrogens with zero attached hydrogens (tertiary/aromatic N) is 1. The third-order valence-electron chi connectivity index (χ3n) is 2.04. The number of ether oxygens (including phenoxy) is 1. The lowest BCUT2D eigenvalue weighted by molar-refractivity contribution is -0.384. The zero-order chi connectivity index (χ0) is 16.3. The van der Waals surface area contributed by atoms with Gasteiger partial charge in [-0.3, -0.25) is 10.1 Å². The average molecular weight is 317 g/mol. The first-order valence-corrected chi connectivity index (χ1v) is 7.25. The fourth-order valence-corrected chi connectivity index (χ4v) is 2.05. The van der Waals surface area contributed by atoms with Crippen LogP contribution in [0.25, 0.3) is 0 Å². The number of nitro groups is 1. The highest BCUT2D eigenvalue weighted by molar-refractivity contribution is 7.89. The fourth-order valence-electron chi connectivity index (χ4n) is 1.22. The predicted octanol–water partition coefficient (Wildman–Crippen LogP) is 1.31. The van der Waals surface area contributed by atoms with Gasteiger partial charge in [-0.05, 0) is 32.9 Å². The highest BCUT2D eigenvalue weighted by Crippen LogP contribution is 2.15. The number of carbonyl (C=O) groups is 1. The molecule has 2 N–H and O–H groups in total. The Bertz CT molecular complexity index is 633. The molecule has 0 aliphatic heterocycles. The van der Waals surface area contributed by atoms with Crippen LogP contribution in [0.1, 0.15) is 20.8 Å². The van der Waals surface area contributed by atoms with Crippen molar-refractivity contribution in [3.63, 3.8) is 0 Å². The van der Waals surface area contributed by atoms with Crippen molar-refractivity contribution in [3.8, 4) is 0 Å². The van der Waals surface area contributed by atoms with E-state index in [0.29, 0.717) is 0 Å². The van der Waals surface area contributed by atoms with Gasteiger partial charge in [0.05, 0.1) is 9.82 Å². The standard InChI is InChI=1S/C11H15N3O6S/c1-11(2,3)20-10(15)12-13-21(18,19)9-6-4-8(5-7-9)14(16)17/h4-7,13H,1-3H3,(H,12,15). The number of hydrogen-bond acceptors (Lipinski definition) is 6. The lowest BCUT2D eigenvalue weighted by Crippen LogP contribution is -2.44. The zero-order valence-electron chi connectivity index (χ0n) is 11.6. The summed E-state index contributed by atoms with van der Waals surface area (Å²) in [7, 11) is -4.04. The molecule has 0 unspecified atom stereocenters. The summed E-state index contributed by atoms with van der Waals surface area (Å²) in [5, 5.41) is 10.5. The van der Waals surface area contributed by atoms with Gasteiger partial charge in [-0.15, -0.1) is 4.83 Å². The highest BCUT2D eigenvalue weighted by atomic mass is 32.2. The molecule has 116 valence electrons. The first kappa shape index (κ1) is 16.9. The summed E-state index contributed by atoms with van der Waals surface area (Å²) in [6.07, 6.45) is -0.965. The van der Waals surface area contributed by atoms with Gasteiger partial charge in [0, 0.05) is 12.1 Å². The highest BCUT2D eigenvalue weighted by Gasteiger charge is 2.20. The van der Waals surface area contributed by atoms with Crippen LogP contribution < -0.4 is 10.3 Å². The van der Waals surface area contributed by atoms with Crippen molar-refractivity contribution in [2.75, 3.05) is 0 Å². The number of hydrazine groups is 1. The maximum atomic E-state index is 11.8. The summed E-state index contributed by atoms with van der Waals surface area (Å²) >= 11 is 0. The Morgan fingerprint density at radius 2 is 1.76 bits per heavy atom. The molecule has 9 nitrogen and oxygen atoms in total. The SMILES string of the molecule is CC(C)(C)OC(=O)NNS(=O)(=O)c1ccc([N+](=O)[O-])cc1. The van der Waals surface area contributed by atoms with Crippen molar-refractivity contribution in [1.29, 1.82) is 0 Å². The molecule has 21 heavy (non-hydrogen) atoms. The summed E-state index contributed by atoms with van der Waals surface area (Å²) in [5.41, 5.74) is 0.866. The number of benzene rings is 1. The average Bonchev–Trinajstić information content (AvgIpc) is 2.34. The molecule has 0 fully saturated rings. The lowest BCUT2D eigenvalue weighted by atomic mass is 10.2. The minimum absolute atomic E-state index is 0.232. The van der Waals surface area contributed by atoms with Crippen LogP contribution in [0.2, 0.25) is 0 Å². The molecule has 0 aliphatic carbocycles. The summed E-state index contributed by atoms with van der Waals surface area (Å²) in [6, 6.07) is 4.19. The number of amides is 1. The van der Waals surface area contributed by atoms with Gasteiger partial charge in [0.25, 0.3) is 15.7 Å². The van der Waals surface area contributed by atoms with E-state index in [-0.39, 0.29) is 10.6 Å². The van der Waals surface area contributed by atoms with E-state index >= 15 is 0 Å². The minimum atomic E-state index is -4.04. The first-order valence-electron chi connectivity index (χ1n) is 5.76. The molecule has 0 radical (unpaired) electrons. The fraction of sp³-hybridized carbons (Fsp3) is 0.364.